The molecular formula is C21H37IN4O2. The molecule has 1 heterocycles. The topological polar surface area (TPSA) is 49.3 Å². The number of benzene rings is 1. The molecule has 1 aromatic rings. The highest BCUT2D eigenvalue weighted by Crippen LogP contribution is 2.28. The number of nitrogens with one attached hydrogen (secondary N) is 1. The van der Waals surface area contributed by atoms with Crippen LogP contribution in [0.4, 0.5) is 0 Å². The third kappa shape index (κ3) is 8.53. The summed E-state index contributed by atoms with van der Waals surface area (Å²) in [6.45, 7) is 10.7. The van der Waals surface area contributed by atoms with Crippen LogP contribution in [0.2, 0.25) is 0 Å². The molecule has 1 aromatic carbocycles. The SMILES string of the molecule is CN=C(NCc1cccc(OCCN(C)CCOC)c1)N1CCC(C)(C)C1.I. The Bertz CT molecular complexity index is 610. The fraction of sp³-hybridized carbons (Fsp3) is 0.667. The quantitative estimate of drug-likeness (QED) is 0.318. The predicted molar refractivity (Wildman–Crippen MR) is 127 cm³/mol. The van der Waals surface area contributed by atoms with Gasteiger partial charge in [0.25, 0.3) is 0 Å². The first-order chi connectivity index (χ1) is 12.9. The Morgan fingerprint density at radius 1 is 1.29 bits per heavy atom. The van der Waals surface area contributed by atoms with E-state index >= 15 is 0 Å². The monoisotopic (exact) mass is 504 g/mol. The predicted octanol–water partition coefficient (Wildman–Crippen LogP) is 3.07. The molecule has 0 saturated carbocycles. The lowest BCUT2D eigenvalue weighted by molar-refractivity contribution is 0.150. The molecule has 1 fully saturated rings. The average Bonchev–Trinajstić information content (AvgIpc) is 3.00. The van der Waals surface area contributed by atoms with Crippen molar-refractivity contribution in [3.63, 3.8) is 0 Å². The summed E-state index contributed by atoms with van der Waals surface area (Å²) in [6.07, 6.45) is 1.20. The van der Waals surface area contributed by atoms with Gasteiger partial charge in [-0.1, -0.05) is 26.0 Å². The molecule has 28 heavy (non-hydrogen) atoms. The minimum Gasteiger partial charge on any atom is -0.492 e. The van der Waals surface area contributed by atoms with Gasteiger partial charge in [-0.05, 0) is 36.6 Å². The summed E-state index contributed by atoms with van der Waals surface area (Å²) in [6, 6.07) is 8.27. The minimum atomic E-state index is 0. The maximum Gasteiger partial charge on any atom is 0.193 e. The van der Waals surface area contributed by atoms with E-state index < -0.39 is 0 Å². The molecule has 1 aliphatic rings. The van der Waals surface area contributed by atoms with Crippen LogP contribution in [0.1, 0.15) is 25.8 Å². The number of likely N-dealkylation sites (tertiary alicyclic amines) is 1. The van der Waals surface area contributed by atoms with Crippen LogP contribution >= 0.6 is 24.0 Å². The molecule has 6 nitrogen and oxygen atoms in total. The molecular weight excluding hydrogens is 467 g/mol. The van der Waals surface area contributed by atoms with E-state index in [9.17, 15) is 0 Å². The smallest absolute Gasteiger partial charge is 0.193 e. The van der Waals surface area contributed by atoms with Crippen molar-refractivity contribution in [1.29, 1.82) is 0 Å². The first-order valence-electron chi connectivity index (χ1n) is 9.78. The molecule has 7 heteroatoms. The number of guanidine groups is 1. The van der Waals surface area contributed by atoms with Crippen molar-refractivity contribution in [2.45, 2.75) is 26.8 Å². The number of aliphatic imine (C=N–C) groups is 1. The van der Waals surface area contributed by atoms with Crippen LogP contribution in [0.3, 0.4) is 0 Å². The van der Waals surface area contributed by atoms with Crippen LogP contribution in [0.25, 0.3) is 0 Å². The number of nitrogens with zero attached hydrogens (tertiary/aromatic N) is 3. The second-order valence-corrected chi connectivity index (χ2v) is 8.03. The molecule has 160 valence electrons. The van der Waals surface area contributed by atoms with E-state index in [-0.39, 0.29) is 24.0 Å². The second-order valence-electron chi connectivity index (χ2n) is 8.03. The third-order valence-corrected chi connectivity index (χ3v) is 4.96. The molecule has 0 aliphatic carbocycles. The maximum atomic E-state index is 5.91. The normalized spacial score (nSPS) is 16.2. The van der Waals surface area contributed by atoms with Gasteiger partial charge in [-0.15, -0.1) is 24.0 Å². The number of halogens is 1. The number of likely N-dealkylation sites (N-methyl/N-ethyl adjacent to an activating group) is 1. The molecule has 0 aromatic heterocycles. The highest BCUT2D eigenvalue weighted by Gasteiger charge is 2.30. The van der Waals surface area contributed by atoms with Gasteiger partial charge in [-0.25, -0.2) is 0 Å². The Morgan fingerprint density at radius 3 is 2.68 bits per heavy atom. The van der Waals surface area contributed by atoms with E-state index in [1.54, 1.807) is 7.11 Å². The third-order valence-electron chi connectivity index (χ3n) is 4.96. The van der Waals surface area contributed by atoms with Crippen LogP contribution in [0, 0.1) is 5.41 Å². The molecule has 0 amide bonds. The van der Waals surface area contributed by atoms with E-state index in [4.69, 9.17) is 9.47 Å². The lowest BCUT2D eigenvalue weighted by atomic mass is 9.93. The molecule has 1 N–H and O–H groups in total. The van der Waals surface area contributed by atoms with Gasteiger partial charge in [0.2, 0.25) is 0 Å². The van der Waals surface area contributed by atoms with Crippen molar-refractivity contribution >= 4 is 29.9 Å². The zero-order valence-corrected chi connectivity index (χ0v) is 20.4. The van der Waals surface area contributed by atoms with E-state index in [1.807, 2.05) is 19.2 Å². The molecule has 0 spiro atoms. The van der Waals surface area contributed by atoms with Crippen molar-refractivity contribution in [2.24, 2.45) is 10.4 Å². The van der Waals surface area contributed by atoms with Crippen molar-refractivity contribution in [1.82, 2.24) is 15.1 Å². The summed E-state index contributed by atoms with van der Waals surface area (Å²) in [5.41, 5.74) is 1.56. The average molecular weight is 504 g/mol. The Hall–Kier alpha value is -1.06. The Balaban J connectivity index is 0.00000392. The van der Waals surface area contributed by atoms with Gasteiger partial charge in [0.05, 0.1) is 6.61 Å². The molecule has 0 unspecified atom stereocenters. The van der Waals surface area contributed by atoms with Gasteiger partial charge in [0.15, 0.2) is 5.96 Å². The maximum absolute atomic E-state index is 5.91. The second kappa shape index (κ2) is 12.5. The van der Waals surface area contributed by atoms with Gasteiger partial charge < -0.3 is 24.6 Å². The standard InChI is InChI=1S/C21H36N4O2.HI/c1-21(2)9-10-25(17-21)20(22-3)23-16-18-7-6-8-19(15-18)27-14-12-24(4)11-13-26-5;/h6-8,15H,9-14,16-17H2,1-5H3,(H,22,23);1H. The molecule has 1 aliphatic heterocycles. The molecule has 0 bridgehead atoms. The highest BCUT2D eigenvalue weighted by molar-refractivity contribution is 14.0. The number of hydrogen-bond acceptors (Lipinski definition) is 4. The number of methoxy groups -OCH3 is 1. The fourth-order valence-corrected chi connectivity index (χ4v) is 3.23. The molecule has 0 atom stereocenters. The summed E-state index contributed by atoms with van der Waals surface area (Å²) in [7, 11) is 5.66. The zero-order valence-electron chi connectivity index (χ0n) is 18.0. The molecule has 2 rings (SSSR count). The molecule has 1 saturated heterocycles. The molecule has 0 radical (unpaired) electrons. The highest BCUT2D eigenvalue weighted by atomic mass is 127. The van der Waals surface area contributed by atoms with Crippen molar-refractivity contribution in [3.8, 4) is 5.75 Å². The van der Waals surface area contributed by atoms with Gasteiger partial charge in [0.1, 0.15) is 12.4 Å². The first-order valence-corrected chi connectivity index (χ1v) is 9.78. The van der Waals surface area contributed by atoms with Gasteiger partial charge >= 0.3 is 0 Å². The van der Waals surface area contributed by atoms with Gasteiger partial charge in [-0.2, -0.15) is 0 Å². The minimum absolute atomic E-state index is 0. The fourth-order valence-electron chi connectivity index (χ4n) is 3.23. The van der Waals surface area contributed by atoms with E-state index in [2.05, 4.69) is 53.1 Å². The summed E-state index contributed by atoms with van der Waals surface area (Å²) >= 11 is 0. The zero-order chi connectivity index (χ0) is 19.7. The van der Waals surface area contributed by atoms with Crippen molar-refractivity contribution in [3.05, 3.63) is 29.8 Å². The summed E-state index contributed by atoms with van der Waals surface area (Å²) in [5, 5.41) is 3.49. The van der Waals surface area contributed by atoms with Crippen LogP contribution < -0.4 is 10.1 Å². The van der Waals surface area contributed by atoms with Crippen LogP contribution in [-0.2, 0) is 11.3 Å². The lowest BCUT2D eigenvalue weighted by Crippen LogP contribution is -2.40. The van der Waals surface area contributed by atoms with Gasteiger partial charge in [0, 0.05) is 46.9 Å². The Labute approximate surface area is 187 Å². The van der Waals surface area contributed by atoms with Gasteiger partial charge in [-0.3, -0.25) is 4.99 Å². The summed E-state index contributed by atoms with van der Waals surface area (Å²) < 4.78 is 11.0. The largest absolute Gasteiger partial charge is 0.492 e. The van der Waals surface area contributed by atoms with E-state index in [0.717, 1.165) is 51.0 Å². The van der Waals surface area contributed by atoms with Crippen molar-refractivity contribution in [2.75, 3.05) is 60.6 Å². The number of hydrogen-bond donors (Lipinski definition) is 1. The van der Waals surface area contributed by atoms with Crippen LogP contribution in [-0.4, -0.2) is 76.4 Å². The Kier molecular flexibility index (Phi) is 11.1. The summed E-state index contributed by atoms with van der Waals surface area (Å²) in [4.78, 5) is 9.00. The van der Waals surface area contributed by atoms with Crippen LogP contribution in [0.15, 0.2) is 29.3 Å². The van der Waals surface area contributed by atoms with Crippen LogP contribution in [0.5, 0.6) is 5.75 Å². The summed E-state index contributed by atoms with van der Waals surface area (Å²) in [5.74, 6) is 1.89. The first kappa shape index (κ1) is 25.0. The van der Waals surface area contributed by atoms with Crippen molar-refractivity contribution < 1.29 is 9.47 Å². The van der Waals surface area contributed by atoms with E-state index in [0.29, 0.717) is 12.0 Å². The number of ether oxygens (including phenoxy) is 2. The number of rotatable bonds is 9. The van der Waals surface area contributed by atoms with E-state index in [1.165, 1.54) is 12.0 Å². The Morgan fingerprint density at radius 2 is 2.04 bits per heavy atom. The lowest BCUT2D eigenvalue weighted by Gasteiger charge is -2.23.